The van der Waals surface area contributed by atoms with E-state index in [1.807, 2.05) is 19.1 Å². The van der Waals surface area contributed by atoms with Crippen LogP contribution in [0.4, 0.5) is 0 Å². The van der Waals surface area contributed by atoms with Gasteiger partial charge in [0.15, 0.2) is 5.82 Å². The maximum atomic E-state index is 10.9. The number of likely N-dealkylation sites (tertiary alicyclic amines) is 1. The minimum absolute atomic E-state index is 0.00184. The van der Waals surface area contributed by atoms with Crippen LogP contribution in [-0.2, 0) is 6.42 Å². The molecule has 1 aromatic carbocycles. The summed E-state index contributed by atoms with van der Waals surface area (Å²) in [5, 5.41) is 15.4. The van der Waals surface area contributed by atoms with Gasteiger partial charge in [0, 0.05) is 6.42 Å². The zero-order valence-electron chi connectivity index (χ0n) is 16.1. The fourth-order valence-corrected chi connectivity index (χ4v) is 4.86. The standard InChI is InChI=1S/C20H26N4O2S/c1-4-16-21-20-24(22-16)19(25)18(27-20)17(23-11-9-13(2)10-12-23)14-5-7-15(26-3)8-6-14/h5-8,13,17,25H,4,9-12H2,1-3H3/t17-/m1/s1. The number of aryl methyl sites for hydroxylation is 1. The molecule has 6 nitrogen and oxygen atoms in total. The Morgan fingerprint density at radius 2 is 1.96 bits per heavy atom. The van der Waals surface area contributed by atoms with Crippen LogP contribution in [0.1, 0.15) is 49.0 Å². The van der Waals surface area contributed by atoms with E-state index in [4.69, 9.17) is 4.74 Å². The van der Waals surface area contributed by atoms with Crippen molar-refractivity contribution < 1.29 is 9.84 Å². The van der Waals surface area contributed by atoms with Gasteiger partial charge in [-0.05, 0) is 49.5 Å². The number of hydrogen-bond acceptors (Lipinski definition) is 6. The molecule has 1 aliphatic rings. The molecule has 0 radical (unpaired) electrons. The van der Waals surface area contributed by atoms with Crippen molar-refractivity contribution in [1.29, 1.82) is 0 Å². The van der Waals surface area contributed by atoms with E-state index in [-0.39, 0.29) is 11.9 Å². The molecule has 3 aromatic rings. The summed E-state index contributed by atoms with van der Waals surface area (Å²) in [7, 11) is 1.68. The fraction of sp³-hybridized carbons (Fsp3) is 0.500. The molecule has 0 amide bonds. The third kappa shape index (κ3) is 3.41. The number of aromatic nitrogens is 3. The molecule has 0 bridgehead atoms. The quantitative estimate of drug-likeness (QED) is 0.721. The highest BCUT2D eigenvalue weighted by Gasteiger charge is 2.31. The summed E-state index contributed by atoms with van der Waals surface area (Å²) in [6.45, 7) is 6.37. The Bertz CT molecular complexity index is 910. The van der Waals surface area contributed by atoms with Gasteiger partial charge in [0.2, 0.25) is 10.8 Å². The average molecular weight is 387 g/mol. The molecular formula is C20H26N4O2S. The van der Waals surface area contributed by atoms with E-state index >= 15 is 0 Å². The Kier molecular flexibility index (Phi) is 5.06. The Morgan fingerprint density at radius 1 is 1.26 bits per heavy atom. The molecule has 1 atom stereocenters. The topological polar surface area (TPSA) is 62.9 Å². The molecule has 0 saturated carbocycles. The average Bonchev–Trinajstić information content (AvgIpc) is 3.23. The zero-order valence-corrected chi connectivity index (χ0v) is 16.9. The largest absolute Gasteiger partial charge is 0.497 e. The highest BCUT2D eigenvalue weighted by Crippen LogP contribution is 2.41. The summed E-state index contributed by atoms with van der Waals surface area (Å²) in [5.41, 5.74) is 1.15. The van der Waals surface area contributed by atoms with Gasteiger partial charge in [-0.15, -0.1) is 5.10 Å². The van der Waals surface area contributed by atoms with E-state index in [0.29, 0.717) is 0 Å². The molecule has 1 saturated heterocycles. The number of ether oxygens (including phenoxy) is 1. The highest BCUT2D eigenvalue weighted by molar-refractivity contribution is 7.17. The van der Waals surface area contributed by atoms with Crippen LogP contribution in [0.2, 0.25) is 0 Å². The van der Waals surface area contributed by atoms with Gasteiger partial charge in [-0.1, -0.05) is 37.3 Å². The van der Waals surface area contributed by atoms with Crippen LogP contribution in [0.15, 0.2) is 24.3 Å². The van der Waals surface area contributed by atoms with Gasteiger partial charge in [-0.3, -0.25) is 4.90 Å². The zero-order chi connectivity index (χ0) is 19.0. The number of rotatable bonds is 5. The Labute approximate surface area is 163 Å². The Hall–Kier alpha value is -2.12. The lowest BCUT2D eigenvalue weighted by Crippen LogP contribution is -2.36. The van der Waals surface area contributed by atoms with Crippen molar-refractivity contribution in [2.45, 2.75) is 39.2 Å². The normalized spacial score (nSPS) is 17.4. The van der Waals surface area contributed by atoms with Crippen molar-refractivity contribution in [3.05, 3.63) is 40.5 Å². The number of methoxy groups -OCH3 is 1. The Balaban J connectivity index is 1.77. The number of hydrogen-bond donors (Lipinski definition) is 1. The van der Waals surface area contributed by atoms with Gasteiger partial charge < -0.3 is 9.84 Å². The third-order valence-electron chi connectivity index (χ3n) is 5.42. The number of piperidine rings is 1. The number of benzene rings is 1. The lowest BCUT2D eigenvalue weighted by atomic mass is 9.95. The van der Waals surface area contributed by atoms with Crippen LogP contribution in [-0.4, -0.2) is 44.8 Å². The molecule has 3 heterocycles. The molecule has 7 heteroatoms. The number of aromatic hydroxyl groups is 1. The van der Waals surface area contributed by atoms with Gasteiger partial charge >= 0.3 is 0 Å². The van der Waals surface area contributed by atoms with Crippen LogP contribution < -0.4 is 4.74 Å². The van der Waals surface area contributed by atoms with Gasteiger partial charge in [0.25, 0.3) is 0 Å². The monoisotopic (exact) mass is 386 g/mol. The Morgan fingerprint density at radius 3 is 2.56 bits per heavy atom. The van der Waals surface area contributed by atoms with E-state index < -0.39 is 0 Å². The lowest BCUT2D eigenvalue weighted by molar-refractivity contribution is 0.157. The van der Waals surface area contributed by atoms with E-state index in [2.05, 4.69) is 34.0 Å². The second-order valence-corrected chi connectivity index (χ2v) is 8.27. The maximum absolute atomic E-state index is 10.9. The first-order valence-corrected chi connectivity index (χ1v) is 10.4. The second kappa shape index (κ2) is 7.48. The van der Waals surface area contributed by atoms with Gasteiger partial charge in [0.05, 0.1) is 18.0 Å². The number of fused-ring (bicyclic) bond motifs is 1. The van der Waals surface area contributed by atoms with Crippen molar-refractivity contribution in [1.82, 2.24) is 19.5 Å². The molecule has 0 aliphatic carbocycles. The van der Waals surface area contributed by atoms with Crippen molar-refractivity contribution in [2.24, 2.45) is 5.92 Å². The maximum Gasteiger partial charge on any atom is 0.230 e. The van der Waals surface area contributed by atoms with E-state index in [9.17, 15) is 5.11 Å². The van der Waals surface area contributed by atoms with E-state index in [0.717, 1.165) is 52.4 Å². The molecule has 27 heavy (non-hydrogen) atoms. The third-order valence-corrected chi connectivity index (χ3v) is 6.50. The van der Waals surface area contributed by atoms with Gasteiger partial charge in [-0.2, -0.15) is 4.52 Å². The summed E-state index contributed by atoms with van der Waals surface area (Å²) in [5.74, 6) is 2.56. The first kappa shape index (κ1) is 18.3. The van der Waals surface area contributed by atoms with Crippen molar-refractivity contribution >= 4 is 16.3 Å². The van der Waals surface area contributed by atoms with Crippen molar-refractivity contribution in [2.75, 3.05) is 20.2 Å². The second-order valence-electron chi connectivity index (χ2n) is 7.26. The van der Waals surface area contributed by atoms with Gasteiger partial charge in [-0.25, -0.2) is 4.98 Å². The number of thiazole rings is 1. The lowest BCUT2D eigenvalue weighted by Gasteiger charge is -2.36. The summed E-state index contributed by atoms with van der Waals surface area (Å²) in [6, 6.07) is 8.15. The molecule has 1 aliphatic heterocycles. The highest BCUT2D eigenvalue weighted by atomic mass is 32.1. The SMILES string of the molecule is CCc1nc2sc([C@@H](c3ccc(OC)cc3)N3CCC(C)CC3)c(O)n2n1. The van der Waals surface area contributed by atoms with Crippen molar-refractivity contribution in [3.8, 4) is 11.6 Å². The van der Waals surface area contributed by atoms with Crippen LogP contribution in [0.5, 0.6) is 11.6 Å². The first-order chi connectivity index (χ1) is 13.1. The summed E-state index contributed by atoms with van der Waals surface area (Å²) < 4.78 is 6.90. The molecule has 0 spiro atoms. The predicted octanol–water partition coefficient (Wildman–Crippen LogP) is 3.89. The molecule has 2 aromatic heterocycles. The van der Waals surface area contributed by atoms with Crippen LogP contribution in [0.25, 0.3) is 4.96 Å². The summed E-state index contributed by atoms with van der Waals surface area (Å²) in [4.78, 5) is 8.67. The molecular weight excluding hydrogens is 360 g/mol. The minimum atomic E-state index is 0.00184. The molecule has 144 valence electrons. The van der Waals surface area contributed by atoms with Crippen LogP contribution >= 0.6 is 11.3 Å². The summed E-state index contributed by atoms with van der Waals surface area (Å²) in [6.07, 6.45) is 3.11. The molecule has 1 N–H and O–H groups in total. The number of nitrogens with zero attached hydrogens (tertiary/aromatic N) is 4. The molecule has 0 unspecified atom stereocenters. The summed E-state index contributed by atoms with van der Waals surface area (Å²) >= 11 is 1.53. The van der Waals surface area contributed by atoms with Crippen LogP contribution in [0.3, 0.4) is 0 Å². The predicted molar refractivity (Wildman–Crippen MR) is 107 cm³/mol. The minimum Gasteiger partial charge on any atom is -0.497 e. The van der Waals surface area contributed by atoms with Crippen LogP contribution in [0, 0.1) is 5.92 Å². The first-order valence-electron chi connectivity index (χ1n) is 9.56. The van der Waals surface area contributed by atoms with E-state index in [1.54, 1.807) is 11.6 Å². The van der Waals surface area contributed by atoms with Gasteiger partial charge in [0.1, 0.15) is 5.75 Å². The van der Waals surface area contributed by atoms with Crippen molar-refractivity contribution in [3.63, 3.8) is 0 Å². The van der Waals surface area contributed by atoms with E-state index in [1.165, 1.54) is 24.2 Å². The molecule has 4 rings (SSSR count). The molecule has 1 fully saturated rings. The smallest absolute Gasteiger partial charge is 0.230 e. The fourth-order valence-electron chi connectivity index (χ4n) is 3.72.